The minimum atomic E-state index is -0.386. The maximum Gasteiger partial charge on any atom is 0.238 e. The molecule has 0 saturated carbocycles. The molecule has 4 heteroatoms. The van der Waals surface area contributed by atoms with Crippen molar-refractivity contribution in [2.45, 2.75) is 10.8 Å². The molecule has 3 nitrogen and oxygen atoms in total. The highest BCUT2D eigenvalue weighted by Crippen LogP contribution is 2.48. The van der Waals surface area contributed by atoms with E-state index in [0.717, 1.165) is 6.54 Å². The average molecular weight is 389 g/mol. The molecule has 3 aromatic rings. The topological polar surface area (TPSA) is 41.1 Å². The van der Waals surface area contributed by atoms with Crippen molar-refractivity contribution < 1.29 is 4.79 Å². The molecule has 0 radical (unpaired) electrons. The third-order valence-electron chi connectivity index (χ3n) is 5.14. The minimum Gasteiger partial charge on any atom is -0.353 e. The molecule has 1 heterocycles. The third-order valence-corrected chi connectivity index (χ3v) is 6.78. The first-order chi connectivity index (χ1) is 13.8. The maximum absolute atomic E-state index is 12.3. The molecule has 1 unspecified atom stereocenters. The van der Waals surface area contributed by atoms with Gasteiger partial charge in [-0.3, -0.25) is 4.79 Å². The third kappa shape index (κ3) is 3.71. The molecule has 1 aliphatic rings. The zero-order chi connectivity index (χ0) is 19.2. The molecule has 0 aliphatic carbocycles. The van der Waals surface area contributed by atoms with Gasteiger partial charge < -0.3 is 10.6 Å². The van der Waals surface area contributed by atoms with E-state index in [1.54, 1.807) is 0 Å². The predicted octanol–water partition coefficient (Wildman–Crippen LogP) is 3.80. The number of piperazine rings is 1. The van der Waals surface area contributed by atoms with Crippen molar-refractivity contribution in [3.8, 4) is 0 Å². The van der Waals surface area contributed by atoms with Gasteiger partial charge in [0.25, 0.3) is 0 Å². The van der Waals surface area contributed by atoms with Gasteiger partial charge in [0.2, 0.25) is 5.91 Å². The van der Waals surface area contributed by atoms with E-state index >= 15 is 0 Å². The van der Waals surface area contributed by atoms with Gasteiger partial charge in [-0.15, -0.1) is 11.8 Å². The molecular formula is C24H24N2OS. The summed E-state index contributed by atoms with van der Waals surface area (Å²) in [6.45, 7) is 1.51. The van der Waals surface area contributed by atoms with Crippen LogP contribution < -0.4 is 10.6 Å². The number of hydrogen-bond acceptors (Lipinski definition) is 3. The first kappa shape index (κ1) is 18.8. The van der Waals surface area contributed by atoms with Crippen LogP contribution in [-0.4, -0.2) is 30.8 Å². The van der Waals surface area contributed by atoms with Gasteiger partial charge in [-0.25, -0.2) is 0 Å². The van der Waals surface area contributed by atoms with Crippen LogP contribution in [0.2, 0.25) is 0 Å². The van der Waals surface area contributed by atoms with Crippen molar-refractivity contribution in [1.82, 2.24) is 10.6 Å². The summed E-state index contributed by atoms with van der Waals surface area (Å²) < 4.78 is -0.386. The molecule has 0 spiro atoms. The van der Waals surface area contributed by atoms with E-state index in [1.807, 2.05) is 30.0 Å². The average Bonchev–Trinajstić information content (AvgIpc) is 2.78. The number of thioether (sulfide) groups is 1. The first-order valence-electron chi connectivity index (χ1n) is 9.62. The molecule has 0 bridgehead atoms. The summed E-state index contributed by atoms with van der Waals surface area (Å²) in [6, 6.07) is 31.6. The van der Waals surface area contributed by atoms with Gasteiger partial charge in [0.05, 0.1) is 10.8 Å². The van der Waals surface area contributed by atoms with Crippen LogP contribution in [0.3, 0.4) is 0 Å². The summed E-state index contributed by atoms with van der Waals surface area (Å²) in [5, 5.41) is 6.34. The number of amides is 1. The van der Waals surface area contributed by atoms with Crippen molar-refractivity contribution >= 4 is 17.7 Å². The van der Waals surface area contributed by atoms with Crippen LogP contribution >= 0.6 is 11.8 Å². The lowest BCUT2D eigenvalue weighted by molar-refractivity contribution is -0.123. The van der Waals surface area contributed by atoms with Crippen LogP contribution in [0, 0.1) is 0 Å². The summed E-state index contributed by atoms with van der Waals surface area (Å²) >= 11 is 1.82. The normalized spacial score (nSPS) is 17.1. The Morgan fingerprint density at radius 1 is 0.750 bits per heavy atom. The Kier molecular flexibility index (Phi) is 5.79. The van der Waals surface area contributed by atoms with E-state index in [-0.39, 0.29) is 16.7 Å². The zero-order valence-electron chi connectivity index (χ0n) is 15.7. The van der Waals surface area contributed by atoms with Gasteiger partial charge in [-0.1, -0.05) is 91.0 Å². The monoisotopic (exact) mass is 388 g/mol. The second kappa shape index (κ2) is 8.63. The van der Waals surface area contributed by atoms with Crippen LogP contribution in [0.15, 0.2) is 91.0 Å². The van der Waals surface area contributed by atoms with Gasteiger partial charge in [0.1, 0.15) is 0 Å². The maximum atomic E-state index is 12.3. The van der Waals surface area contributed by atoms with Gasteiger partial charge in [-0.2, -0.15) is 0 Å². The van der Waals surface area contributed by atoms with E-state index < -0.39 is 0 Å². The summed E-state index contributed by atoms with van der Waals surface area (Å²) in [7, 11) is 0. The lowest BCUT2D eigenvalue weighted by Crippen LogP contribution is -2.54. The van der Waals surface area contributed by atoms with E-state index in [4.69, 9.17) is 0 Å². The van der Waals surface area contributed by atoms with Crippen LogP contribution in [0.1, 0.15) is 16.7 Å². The molecule has 1 amide bonds. The van der Waals surface area contributed by atoms with Gasteiger partial charge in [0, 0.05) is 18.8 Å². The molecule has 142 valence electrons. The molecular weight excluding hydrogens is 364 g/mol. The SMILES string of the molecule is O=C1NCCNC1CSC(c1ccccc1)(c1ccccc1)c1ccccc1. The highest BCUT2D eigenvalue weighted by molar-refractivity contribution is 8.00. The molecule has 2 N–H and O–H groups in total. The number of benzene rings is 3. The number of carbonyl (C=O) groups is 1. The van der Waals surface area contributed by atoms with E-state index in [1.165, 1.54) is 16.7 Å². The lowest BCUT2D eigenvalue weighted by Gasteiger charge is -2.37. The highest BCUT2D eigenvalue weighted by atomic mass is 32.2. The standard InChI is InChI=1S/C24H24N2OS/c27-23-22(25-16-17-26-23)18-28-24(19-10-4-1-5-11-19,20-12-6-2-7-13-20)21-14-8-3-9-15-21/h1-15,22,25H,16-18H2,(H,26,27). The van der Waals surface area contributed by atoms with Gasteiger partial charge >= 0.3 is 0 Å². The summed E-state index contributed by atoms with van der Waals surface area (Å²) in [6.07, 6.45) is 0. The second-order valence-electron chi connectivity index (χ2n) is 6.89. The number of carbonyl (C=O) groups excluding carboxylic acids is 1. The Labute approximate surface area is 170 Å². The number of hydrogen-bond donors (Lipinski definition) is 2. The zero-order valence-corrected chi connectivity index (χ0v) is 16.5. The van der Waals surface area contributed by atoms with Crippen LogP contribution in [0.5, 0.6) is 0 Å². The molecule has 4 rings (SSSR count). The Bertz CT molecular complexity index is 803. The van der Waals surface area contributed by atoms with Crippen LogP contribution in [0.4, 0.5) is 0 Å². The first-order valence-corrected chi connectivity index (χ1v) is 10.6. The largest absolute Gasteiger partial charge is 0.353 e. The molecule has 1 atom stereocenters. The van der Waals surface area contributed by atoms with Crippen molar-refractivity contribution in [3.63, 3.8) is 0 Å². The molecule has 28 heavy (non-hydrogen) atoms. The predicted molar refractivity (Wildman–Crippen MR) is 116 cm³/mol. The molecule has 1 fully saturated rings. The van der Waals surface area contributed by atoms with Gasteiger partial charge in [-0.05, 0) is 16.7 Å². The summed E-state index contributed by atoms with van der Waals surface area (Å²) in [5.41, 5.74) is 3.65. The fraction of sp³-hybridized carbons (Fsp3) is 0.208. The lowest BCUT2D eigenvalue weighted by atomic mass is 9.84. The van der Waals surface area contributed by atoms with Gasteiger partial charge in [0.15, 0.2) is 0 Å². The van der Waals surface area contributed by atoms with Crippen molar-refractivity contribution in [3.05, 3.63) is 108 Å². The molecule has 1 aliphatic heterocycles. The van der Waals surface area contributed by atoms with E-state index in [2.05, 4.69) is 83.4 Å². The Morgan fingerprint density at radius 2 is 1.21 bits per heavy atom. The summed E-state index contributed by atoms with van der Waals surface area (Å²) in [5.74, 6) is 0.770. The van der Waals surface area contributed by atoms with Crippen molar-refractivity contribution in [1.29, 1.82) is 0 Å². The van der Waals surface area contributed by atoms with E-state index in [9.17, 15) is 4.79 Å². The Balaban J connectivity index is 1.82. The fourth-order valence-corrected chi connectivity index (χ4v) is 5.35. The fourth-order valence-electron chi connectivity index (χ4n) is 3.76. The van der Waals surface area contributed by atoms with E-state index in [0.29, 0.717) is 12.3 Å². The van der Waals surface area contributed by atoms with Crippen molar-refractivity contribution in [2.24, 2.45) is 0 Å². The highest BCUT2D eigenvalue weighted by Gasteiger charge is 2.38. The molecule has 0 aromatic heterocycles. The smallest absolute Gasteiger partial charge is 0.238 e. The second-order valence-corrected chi connectivity index (χ2v) is 8.12. The van der Waals surface area contributed by atoms with Crippen molar-refractivity contribution in [2.75, 3.05) is 18.8 Å². The Hall–Kier alpha value is -2.56. The molecule has 3 aromatic carbocycles. The quantitative estimate of drug-likeness (QED) is 0.631. The van der Waals surface area contributed by atoms with Crippen LogP contribution in [-0.2, 0) is 9.54 Å². The Morgan fingerprint density at radius 3 is 1.64 bits per heavy atom. The molecule has 1 saturated heterocycles. The summed E-state index contributed by atoms with van der Waals surface area (Å²) in [4.78, 5) is 12.3. The number of rotatable bonds is 6. The van der Waals surface area contributed by atoms with Crippen LogP contribution in [0.25, 0.3) is 0 Å². The minimum absolute atomic E-state index is 0.0850. The number of nitrogens with one attached hydrogen (secondary N) is 2.